The van der Waals surface area contributed by atoms with Gasteiger partial charge in [-0.2, -0.15) is 0 Å². The molecule has 2 rings (SSSR count). The lowest BCUT2D eigenvalue weighted by atomic mass is 10.2. The highest BCUT2D eigenvalue weighted by atomic mass is 79.9. The van der Waals surface area contributed by atoms with Gasteiger partial charge in [-0.15, -0.1) is 11.8 Å². The number of thioether (sulfide) groups is 1. The number of esters is 1. The number of nitro groups is 1. The van der Waals surface area contributed by atoms with Crippen LogP contribution >= 0.6 is 27.7 Å². The van der Waals surface area contributed by atoms with Crippen LogP contribution in [0.3, 0.4) is 0 Å². The number of carbonyl (C=O) groups is 1. The summed E-state index contributed by atoms with van der Waals surface area (Å²) in [6.07, 6.45) is 0.723. The molecule has 0 unspecified atom stereocenters. The van der Waals surface area contributed by atoms with E-state index in [1.54, 1.807) is 24.3 Å². The van der Waals surface area contributed by atoms with Crippen molar-refractivity contribution in [1.29, 1.82) is 0 Å². The van der Waals surface area contributed by atoms with Gasteiger partial charge in [-0.05, 0) is 24.1 Å². The van der Waals surface area contributed by atoms with Crippen LogP contribution in [0, 0.1) is 10.1 Å². The molecule has 0 heterocycles. The summed E-state index contributed by atoms with van der Waals surface area (Å²) in [7, 11) is 3.03. The number of rotatable bonds is 10. The Hall–Kier alpha value is -2.26. The van der Waals surface area contributed by atoms with E-state index in [-0.39, 0.29) is 5.69 Å². The van der Waals surface area contributed by atoms with Gasteiger partial charge >= 0.3 is 5.97 Å². The predicted molar refractivity (Wildman–Crippen MR) is 111 cm³/mol. The Balaban J connectivity index is 2.21. The number of methoxy groups -OCH3 is 2. The molecule has 0 bridgehead atoms. The van der Waals surface area contributed by atoms with Gasteiger partial charge in [0.25, 0.3) is 5.69 Å². The van der Waals surface area contributed by atoms with Crippen molar-refractivity contribution < 1.29 is 23.9 Å². The number of non-ortho nitro benzene ring substituents is 1. The van der Waals surface area contributed by atoms with Crippen LogP contribution in [0.5, 0.6) is 11.5 Å². The van der Waals surface area contributed by atoms with Crippen molar-refractivity contribution in [2.24, 2.45) is 0 Å². The van der Waals surface area contributed by atoms with Crippen molar-refractivity contribution in [3.05, 3.63) is 57.6 Å². The van der Waals surface area contributed by atoms with Crippen LogP contribution in [-0.2, 0) is 10.5 Å². The first kappa shape index (κ1) is 22.0. The highest BCUT2D eigenvalue weighted by Crippen LogP contribution is 2.40. The van der Waals surface area contributed by atoms with Crippen LogP contribution in [0.15, 0.2) is 41.3 Å². The maximum Gasteiger partial charge on any atom is 0.338 e. The molecule has 0 N–H and O–H groups in total. The zero-order chi connectivity index (χ0) is 20.5. The first-order valence-electron chi connectivity index (χ1n) is 8.35. The van der Waals surface area contributed by atoms with E-state index in [4.69, 9.17) is 14.2 Å². The second-order valence-electron chi connectivity index (χ2n) is 5.60. The molecule has 28 heavy (non-hydrogen) atoms. The monoisotopic (exact) mass is 469 g/mol. The number of hydrogen-bond acceptors (Lipinski definition) is 7. The zero-order valence-corrected chi connectivity index (χ0v) is 17.9. The fraction of sp³-hybridized carbons (Fsp3) is 0.316. The van der Waals surface area contributed by atoms with Crippen molar-refractivity contribution in [3.8, 4) is 11.5 Å². The van der Waals surface area contributed by atoms with Crippen molar-refractivity contribution in [1.82, 2.24) is 0 Å². The maximum atomic E-state index is 12.3. The minimum atomic E-state index is -0.435. The van der Waals surface area contributed by atoms with E-state index in [1.807, 2.05) is 0 Å². The summed E-state index contributed by atoms with van der Waals surface area (Å²) in [4.78, 5) is 23.4. The highest BCUT2D eigenvalue weighted by Gasteiger charge is 2.18. The third-order valence-corrected chi connectivity index (χ3v) is 5.39. The van der Waals surface area contributed by atoms with Crippen LogP contribution in [0.25, 0.3) is 0 Å². The van der Waals surface area contributed by atoms with Crippen LogP contribution in [0.4, 0.5) is 5.69 Å². The van der Waals surface area contributed by atoms with Gasteiger partial charge in [0.1, 0.15) is 0 Å². The molecule has 0 fully saturated rings. The quantitative estimate of drug-likeness (QED) is 0.123. The van der Waals surface area contributed by atoms with Crippen molar-refractivity contribution in [3.63, 3.8) is 0 Å². The molecule has 0 aliphatic carbocycles. The third kappa shape index (κ3) is 5.87. The van der Waals surface area contributed by atoms with Gasteiger partial charge in [0.2, 0.25) is 0 Å². The Labute approximate surface area is 175 Å². The number of carbonyl (C=O) groups excluding carboxylic acids is 1. The lowest BCUT2D eigenvalue weighted by molar-refractivity contribution is -0.384. The molecular weight excluding hydrogens is 450 g/mol. The lowest BCUT2D eigenvalue weighted by Gasteiger charge is -2.14. The van der Waals surface area contributed by atoms with Crippen LogP contribution in [0.2, 0.25) is 0 Å². The molecule has 0 radical (unpaired) electrons. The Morgan fingerprint density at radius 3 is 2.46 bits per heavy atom. The van der Waals surface area contributed by atoms with E-state index >= 15 is 0 Å². The highest BCUT2D eigenvalue weighted by molar-refractivity contribution is 9.09. The van der Waals surface area contributed by atoms with E-state index in [0.717, 1.165) is 17.3 Å². The molecule has 0 aliphatic rings. The van der Waals surface area contributed by atoms with E-state index in [1.165, 1.54) is 38.1 Å². The van der Waals surface area contributed by atoms with Crippen molar-refractivity contribution in [2.75, 3.05) is 26.2 Å². The molecule has 0 spiro atoms. The molecule has 0 saturated heterocycles. The molecule has 0 amide bonds. The normalized spacial score (nSPS) is 10.4. The molecule has 0 saturated carbocycles. The fourth-order valence-electron chi connectivity index (χ4n) is 2.33. The Kier molecular flexibility index (Phi) is 8.59. The van der Waals surface area contributed by atoms with Crippen molar-refractivity contribution in [2.45, 2.75) is 17.1 Å². The smallest absolute Gasteiger partial charge is 0.338 e. The van der Waals surface area contributed by atoms with Gasteiger partial charge in [-0.25, -0.2) is 4.79 Å². The summed E-state index contributed by atoms with van der Waals surface area (Å²) >= 11 is 4.73. The molecule has 2 aromatic rings. The summed E-state index contributed by atoms with van der Waals surface area (Å²) in [5.74, 6) is 1.06. The summed E-state index contributed by atoms with van der Waals surface area (Å²) in [5.41, 5.74) is 1.32. The first-order chi connectivity index (χ1) is 13.5. The Morgan fingerprint density at radius 2 is 1.89 bits per heavy atom. The SMILES string of the molecule is COc1cc(C(=O)OCCCBr)cc(SCc2ccc([N+](=O)[O-])cc2)c1OC. The van der Waals surface area contributed by atoms with Gasteiger partial charge in [0.15, 0.2) is 11.5 Å². The largest absolute Gasteiger partial charge is 0.493 e. The molecule has 2 aromatic carbocycles. The number of halogens is 1. The number of nitro benzene ring substituents is 1. The standard InChI is InChI=1S/C19H20BrNO6S/c1-25-16-10-14(19(22)27-9-3-8-20)11-17(18(16)26-2)28-12-13-4-6-15(7-5-13)21(23)24/h4-7,10-11H,3,8-9,12H2,1-2H3. The number of hydrogen-bond donors (Lipinski definition) is 0. The van der Waals surface area contributed by atoms with Gasteiger partial charge in [-0.3, -0.25) is 10.1 Å². The molecule has 0 atom stereocenters. The van der Waals surface area contributed by atoms with Gasteiger partial charge in [-0.1, -0.05) is 28.1 Å². The van der Waals surface area contributed by atoms with E-state index in [2.05, 4.69) is 15.9 Å². The number of ether oxygens (including phenoxy) is 3. The summed E-state index contributed by atoms with van der Waals surface area (Å²) in [6, 6.07) is 9.62. The second kappa shape index (κ2) is 10.9. The second-order valence-corrected chi connectivity index (χ2v) is 7.41. The number of alkyl halides is 1. The third-order valence-electron chi connectivity index (χ3n) is 3.73. The van der Waals surface area contributed by atoms with E-state index in [9.17, 15) is 14.9 Å². The minimum absolute atomic E-state index is 0.0428. The average molecular weight is 470 g/mol. The lowest BCUT2D eigenvalue weighted by Crippen LogP contribution is -2.08. The number of nitrogens with zero attached hydrogens (tertiary/aromatic N) is 1. The molecule has 150 valence electrons. The average Bonchev–Trinajstić information content (AvgIpc) is 2.71. The molecule has 0 aromatic heterocycles. The Bertz CT molecular complexity index is 828. The number of benzene rings is 2. The minimum Gasteiger partial charge on any atom is -0.493 e. The summed E-state index contributed by atoms with van der Waals surface area (Å²) in [5, 5.41) is 11.5. The molecule has 0 aliphatic heterocycles. The van der Waals surface area contributed by atoms with Crippen molar-refractivity contribution >= 4 is 39.3 Å². The summed E-state index contributed by atoms with van der Waals surface area (Å²) < 4.78 is 16.1. The zero-order valence-electron chi connectivity index (χ0n) is 15.5. The molecular formula is C19H20BrNO6S. The Morgan fingerprint density at radius 1 is 1.18 bits per heavy atom. The van der Waals surface area contributed by atoms with Crippen LogP contribution in [0.1, 0.15) is 22.3 Å². The molecule has 7 nitrogen and oxygen atoms in total. The summed E-state index contributed by atoms with van der Waals surface area (Å²) in [6.45, 7) is 0.323. The topological polar surface area (TPSA) is 87.9 Å². The maximum absolute atomic E-state index is 12.3. The van der Waals surface area contributed by atoms with E-state index < -0.39 is 10.9 Å². The van der Waals surface area contributed by atoms with E-state index in [0.29, 0.717) is 34.3 Å². The van der Waals surface area contributed by atoms with Gasteiger partial charge < -0.3 is 14.2 Å². The fourth-order valence-corrected chi connectivity index (χ4v) is 3.60. The van der Waals surface area contributed by atoms with Gasteiger partial charge in [0.05, 0.1) is 36.2 Å². The van der Waals surface area contributed by atoms with Gasteiger partial charge in [0, 0.05) is 23.2 Å². The molecule has 9 heteroatoms. The first-order valence-corrected chi connectivity index (χ1v) is 10.5. The van der Waals surface area contributed by atoms with Crippen LogP contribution in [-0.4, -0.2) is 37.0 Å². The van der Waals surface area contributed by atoms with Crippen LogP contribution < -0.4 is 9.47 Å². The predicted octanol–water partition coefficient (Wildman–Crippen LogP) is 4.85.